The Hall–Kier alpha value is -1.90. The summed E-state index contributed by atoms with van der Waals surface area (Å²) in [5.41, 5.74) is 9.02. The van der Waals surface area contributed by atoms with Crippen LogP contribution in [0.4, 0.5) is 14.5 Å². The highest BCUT2D eigenvalue weighted by Gasteiger charge is 2.06. The molecule has 3 heteroatoms. The SMILES string of the molecule is CCc1cc(-c2ccc(F)c(F)c2)ccc1N. The van der Waals surface area contributed by atoms with Crippen LogP contribution < -0.4 is 5.73 Å². The summed E-state index contributed by atoms with van der Waals surface area (Å²) in [7, 11) is 0. The number of halogens is 2. The molecule has 1 nitrogen and oxygen atoms in total. The lowest BCUT2D eigenvalue weighted by Crippen LogP contribution is -1.93. The maximum absolute atomic E-state index is 13.1. The van der Waals surface area contributed by atoms with Crippen LogP contribution in [0.3, 0.4) is 0 Å². The van der Waals surface area contributed by atoms with Crippen LogP contribution in [0.15, 0.2) is 36.4 Å². The van der Waals surface area contributed by atoms with Crippen molar-refractivity contribution in [1.82, 2.24) is 0 Å². The van der Waals surface area contributed by atoms with Crippen molar-refractivity contribution in [3.8, 4) is 11.1 Å². The maximum atomic E-state index is 13.1. The lowest BCUT2D eigenvalue weighted by molar-refractivity contribution is 0.509. The quantitative estimate of drug-likeness (QED) is 0.785. The molecule has 0 saturated heterocycles. The monoisotopic (exact) mass is 233 g/mol. The van der Waals surface area contributed by atoms with Gasteiger partial charge in [-0.25, -0.2) is 8.78 Å². The molecule has 0 aromatic heterocycles. The first kappa shape index (κ1) is 11.6. The summed E-state index contributed by atoms with van der Waals surface area (Å²) in [6.45, 7) is 2.00. The standard InChI is InChI=1S/C14H13F2N/c1-2-9-7-10(4-6-14(9)17)11-3-5-12(15)13(16)8-11/h3-8H,2,17H2,1H3. The summed E-state index contributed by atoms with van der Waals surface area (Å²) in [4.78, 5) is 0. The number of nitrogen functional groups attached to an aromatic ring is 1. The van der Waals surface area contributed by atoms with E-state index in [-0.39, 0.29) is 0 Å². The highest BCUT2D eigenvalue weighted by Crippen LogP contribution is 2.25. The van der Waals surface area contributed by atoms with Crippen molar-refractivity contribution < 1.29 is 8.78 Å². The van der Waals surface area contributed by atoms with Crippen LogP contribution in [0.5, 0.6) is 0 Å². The van der Waals surface area contributed by atoms with Crippen LogP contribution in [0.2, 0.25) is 0 Å². The lowest BCUT2D eigenvalue weighted by Gasteiger charge is -2.07. The van der Waals surface area contributed by atoms with Crippen LogP contribution in [-0.2, 0) is 6.42 Å². The molecule has 0 bridgehead atoms. The van der Waals surface area contributed by atoms with Gasteiger partial charge in [-0.2, -0.15) is 0 Å². The second-order valence-electron chi connectivity index (χ2n) is 3.90. The van der Waals surface area contributed by atoms with Crippen molar-refractivity contribution in [3.05, 3.63) is 53.6 Å². The Labute approximate surface area is 98.9 Å². The van der Waals surface area contributed by atoms with Gasteiger partial charge in [0, 0.05) is 5.69 Å². The largest absolute Gasteiger partial charge is 0.399 e. The number of hydrogen-bond acceptors (Lipinski definition) is 1. The highest BCUT2D eigenvalue weighted by atomic mass is 19.2. The third kappa shape index (κ3) is 2.28. The van der Waals surface area contributed by atoms with E-state index in [1.165, 1.54) is 6.07 Å². The molecule has 0 aliphatic carbocycles. The van der Waals surface area contributed by atoms with Gasteiger partial charge in [-0.3, -0.25) is 0 Å². The molecule has 0 aliphatic heterocycles. The minimum atomic E-state index is -0.836. The van der Waals surface area contributed by atoms with E-state index in [2.05, 4.69) is 0 Å². The Morgan fingerprint density at radius 3 is 2.24 bits per heavy atom. The molecule has 0 spiro atoms. The average Bonchev–Trinajstić information content (AvgIpc) is 2.33. The van der Waals surface area contributed by atoms with Gasteiger partial charge in [0.05, 0.1) is 0 Å². The van der Waals surface area contributed by atoms with E-state index in [0.29, 0.717) is 5.56 Å². The number of aryl methyl sites for hydroxylation is 1. The molecule has 0 saturated carbocycles. The lowest BCUT2D eigenvalue weighted by atomic mass is 10.0. The molecule has 2 aromatic carbocycles. The van der Waals surface area contributed by atoms with Crippen LogP contribution in [0.25, 0.3) is 11.1 Å². The molecule has 0 fully saturated rings. The van der Waals surface area contributed by atoms with E-state index in [0.717, 1.165) is 29.3 Å². The summed E-state index contributed by atoms with van der Waals surface area (Å²) in [5.74, 6) is -1.67. The highest BCUT2D eigenvalue weighted by molar-refractivity contribution is 5.67. The van der Waals surface area contributed by atoms with Gasteiger partial charge in [-0.15, -0.1) is 0 Å². The number of anilines is 1. The first-order valence-electron chi connectivity index (χ1n) is 5.45. The Bertz CT molecular complexity index is 550. The zero-order valence-corrected chi connectivity index (χ0v) is 9.50. The topological polar surface area (TPSA) is 26.0 Å². The zero-order chi connectivity index (χ0) is 12.4. The van der Waals surface area contributed by atoms with Crippen LogP contribution in [0, 0.1) is 11.6 Å². The molecule has 0 radical (unpaired) electrons. The fourth-order valence-corrected chi connectivity index (χ4v) is 1.77. The third-order valence-corrected chi connectivity index (χ3v) is 2.78. The van der Waals surface area contributed by atoms with Crippen molar-refractivity contribution in [3.63, 3.8) is 0 Å². The molecule has 0 atom stereocenters. The molecule has 88 valence electrons. The van der Waals surface area contributed by atoms with Crippen molar-refractivity contribution in [2.75, 3.05) is 5.73 Å². The molecule has 0 aliphatic rings. The number of hydrogen-bond donors (Lipinski definition) is 1. The van der Waals surface area contributed by atoms with Gasteiger partial charge in [-0.1, -0.05) is 19.1 Å². The summed E-state index contributed by atoms with van der Waals surface area (Å²) in [6, 6.07) is 9.38. The van der Waals surface area contributed by atoms with Crippen molar-refractivity contribution >= 4 is 5.69 Å². The molecule has 17 heavy (non-hydrogen) atoms. The van der Waals surface area contributed by atoms with Crippen molar-refractivity contribution in [2.24, 2.45) is 0 Å². The second kappa shape index (κ2) is 4.53. The fraction of sp³-hybridized carbons (Fsp3) is 0.143. The molecule has 0 amide bonds. The number of benzene rings is 2. The van der Waals surface area contributed by atoms with Gasteiger partial charge in [0.1, 0.15) is 0 Å². The summed E-state index contributed by atoms with van der Waals surface area (Å²) >= 11 is 0. The van der Waals surface area contributed by atoms with Crippen LogP contribution >= 0.6 is 0 Å². The Balaban J connectivity index is 2.49. The minimum Gasteiger partial charge on any atom is -0.399 e. The number of rotatable bonds is 2. The van der Waals surface area contributed by atoms with Crippen molar-refractivity contribution in [1.29, 1.82) is 0 Å². The first-order chi connectivity index (χ1) is 8.11. The Morgan fingerprint density at radius 1 is 0.941 bits per heavy atom. The van der Waals surface area contributed by atoms with Gasteiger partial charge >= 0.3 is 0 Å². The molecule has 0 heterocycles. The zero-order valence-electron chi connectivity index (χ0n) is 9.50. The summed E-state index contributed by atoms with van der Waals surface area (Å²) in [6.07, 6.45) is 0.809. The predicted molar refractivity (Wildman–Crippen MR) is 65.6 cm³/mol. The molecule has 2 aromatic rings. The molecular formula is C14H13F2N. The summed E-state index contributed by atoms with van der Waals surface area (Å²) < 4.78 is 26.0. The smallest absolute Gasteiger partial charge is 0.159 e. The van der Waals surface area contributed by atoms with Crippen LogP contribution in [-0.4, -0.2) is 0 Å². The van der Waals surface area contributed by atoms with Gasteiger partial charge in [-0.05, 0) is 47.4 Å². The Kier molecular flexibility index (Phi) is 3.09. The minimum absolute atomic E-state index is 0.651. The van der Waals surface area contributed by atoms with E-state index in [9.17, 15) is 8.78 Å². The Morgan fingerprint density at radius 2 is 1.59 bits per heavy atom. The van der Waals surface area contributed by atoms with Gasteiger partial charge < -0.3 is 5.73 Å². The second-order valence-corrected chi connectivity index (χ2v) is 3.90. The van der Waals surface area contributed by atoms with E-state index >= 15 is 0 Å². The van der Waals surface area contributed by atoms with Gasteiger partial charge in [0.25, 0.3) is 0 Å². The fourth-order valence-electron chi connectivity index (χ4n) is 1.77. The molecule has 2 rings (SSSR count). The first-order valence-corrected chi connectivity index (χ1v) is 5.45. The van der Waals surface area contributed by atoms with Gasteiger partial charge in [0.15, 0.2) is 11.6 Å². The number of nitrogens with two attached hydrogens (primary N) is 1. The molecule has 0 unspecified atom stereocenters. The summed E-state index contributed by atoms with van der Waals surface area (Å²) in [5, 5.41) is 0. The molecular weight excluding hydrogens is 220 g/mol. The van der Waals surface area contributed by atoms with Gasteiger partial charge in [0.2, 0.25) is 0 Å². The van der Waals surface area contributed by atoms with E-state index in [1.807, 2.05) is 13.0 Å². The normalized spacial score (nSPS) is 10.5. The predicted octanol–water partition coefficient (Wildman–Crippen LogP) is 3.78. The van der Waals surface area contributed by atoms with Crippen LogP contribution in [0.1, 0.15) is 12.5 Å². The maximum Gasteiger partial charge on any atom is 0.159 e. The third-order valence-electron chi connectivity index (χ3n) is 2.78. The van der Waals surface area contributed by atoms with E-state index in [1.54, 1.807) is 18.2 Å². The molecule has 2 N–H and O–H groups in total. The van der Waals surface area contributed by atoms with E-state index < -0.39 is 11.6 Å². The van der Waals surface area contributed by atoms with E-state index in [4.69, 9.17) is 5.73 Å². The van der Waals surface area contributed by atoms with Crippen molar-refractivity contribution in [2.45, 2.75) is 13.3 Å². The average molecular weight is 233 g/mol.